The lowest BCUT2D eigenvalue weighted by molar-refractivity contribution is -0.274. The number of amides is 1. The van der Waals surface area contributed by atoms with Crippen molar-refractivity contribution >= 4 is 23.1 Å². The minimum Gasteiger partial charge on any atom is -0.406 e. The van der Waals surface area contributed by atoms with Crippen LogP contribution in [0.25, 0.3) is 11.3 Å². The Bertz CT molecular complexity index is 1440. The molecular formula is C27H23F3N6O2. The number of anilines is 2. The van der Waals surface area contributed by atoms with Crippen molar-refractivity contribution in [2.75, 3.05) is 11.2 Å². The fraction of sp³-hybridized carbons (Fsp3) is 0.111. The van der Waals surface area contributed by atoms with Gasteiger partial charge in [-0.3, -0.25) is 10.2 Å². The number of nitrogens with zero attached hydrogens (tertiary/aromatic N) is 3. The zero-order valence-electron chi connectivity index (χ0n) is 20.2. The Morgan fingerprint density at radius 1 is 1.03 bits per heavy atom. The summed E-state index contributed by atoms with van der Waals surface area (Å²) in [5, 5.41) is 7.11. The van der Waals surface area contributed by atoms with E-state index in [4.69, 9.17) is 5.73 Å². The molecule has 4 rings (SSSR count). The van der Waals surface area contributed by atoms with Crippen LogP contribution in [-0.4, -0.2) is 27.9 Å². The Morgan fingerprint density at radius 3 is 2.47 bits per heavy atom. The number of halogens is 3. The summed E-state index contributed by atoms with van der Waals surface area (Å²) < 4.78 is 40.9. The zero-order chi connectivity index (χ0) is 27.1. The molecule has 1 amide bonds. The second-order valence-electron chi connectivity index (χ2n) is 8.12. The van der Waals surface area contributed by atoms with Gasteiger partial charge in [-0.1, -0.05) is 42.5 Å². The smallest absolute Gasteiger partial charge is 0.406 e. The van der Waals surface area contributed by atoms with E-state index in [-0.39, 0.29) is 17.5 Å². The van der Waals surface area contributed by atoms with Crippen molar-refractivity contribution in [3.8, 4) is 17.0 Å². The van der Waals surface area contributed by atoms with Crippen molar-refractivity contribution in [2.45, 2.75) is 19.8 Å². The van der Waals surface area contributed by atoms with E-state index >= 15 is 0 Å². The number of nitrogens with one attached hydrogen (secondary N) is 2. The SMILES string of the molecule is CC(=NNc1ccc(OC(F)(F)F)cc1)c1nc(-c2cccc(C(=O)NCc3ccccc3)c2)cnc1N. The molecule has 0 saturated heterocycles. The lowest BCUT2D eigenvalue weighted by Gasteiger charge is -2.10. The molecule has 0 atom stereocenters. The first-order valence-electron chi connectivity index (χ1n) is 11.4. The number of benzene rings is 3. The Labute approximate surface area is 216 Å². The van der Waals surface area contributed by atoms with E-state index in [0.717, 1.165) is 5.56 Å². The normalized spacial score (nSPS) is 11.6. The highest BCUT2D eigenvalue weighted by Crippen LogP contribution is 2.24. The van der Waals surface area contributed by atoms with E-state index in [1.54, 1.807) is 31.2 Å². The van der Waals surface area contributed by atoms with Gasteiger partial charge >= 0.3 is 6.36 Å². The summed E-state index contributed by atoms with van der Waals surface area (Å²) >= 11 is 0. The van der Waals surface area contributed by atoms with Crippen LogP contribution in [0, 0.1) is 0 Å². The highest BCUT2D eigenvalue weighted by Gasteiger charge is 2.30. The topological polar surface area (TPSA) is 115 Å². The maximum Gasteiger partial charge on any atom is 0.573 e. The summed E-state index contributed by atoms with van der Waals surface area (Å²) in [6.45, 7) is 2.06. The van der Waals surface area contributed by atoms with Crippen molar-refractivity contribution in [1.82, 2.24) is 15.3 Å². The summed E-state index contributed by atoms with van der Waals surface area (Å²) in [6, 6.07) is 21.6. The molecule has 0 bridgehead atoms. The van der Waals surface area contributed by atoms with Crippen molar-refractivity contribution in [3.05, 3.63) is 102 Å². The van der Waals surface area contributed by atoms with Gasteiger partial charge in [0.15, 0.2) is 5.82 Å². The Balaban J connectivity index is 1.47. The molecule has 194 valence electrons. The molecule has 4 aromatic rings. The van der Waals surface area contributed by atoms with Gasteiger partial charge in [-0.15, -0.1) is 13.2 Å². The number of hydrogen-bond donors (Lipinski definition) is 3. The number of hydrazone groups is 1. The van der Waals surface area contributed by atoms with Crippen LogP contribution in [0.15, 0.2) is 90.2 Å². The standard InChI is InChI=1S/C27H23F3N6O2/c1-17(35-36-21-10-12-22(13-11-21)38-27(28,29)30)24-25(31)32-16-23(34-24)19-8-5-9-20(14-19)26(37)33-15-18-6-3-2-4-7-18/h2-14,16,36H,15H2,1H3,(H2,31,32)(H,33,37). The number of nitrogen functional groups attached to an aromatic ring is 1. The van der Waals surface area contributed by atoms with Crippen LogP contribution in [0.1, 0.15) is 28.5 Å². The molecule has 3 aromatic carbocycles. The molecule has 0 radical (unpaired) electrons. The number of rotatable bonds is 8. The van der Waals surface area contributed by atoms with E-state index in [2.05, 4.69) is 30.5 Å². The van der Waals surface area contributed by atoms with Gasteiger partial charge in [-0.2, -0.15) is 5.10 Å². The lowest BCUT2D eigenvalue weighted by Crippen LogP contribution is -2.22. The van der Waals surface area contributed by atoms with Gasteiger partial charge in [-0.25, -0.2) is 9.97 Å². The minimum absolute atomic E-state index is 0.141. The zero-order valence-corrected chi connectivity index (χ0v) is 20.2. The Kier molecular flexibility index (Phi) is 7.86. The molecule has 0 fully saturated rings. The van der Waals surface area contributed by atoms with E-state index in [1.165, 1.54) is 30.5 Å². The fourth-order valence-corrected chi connectivity index (χ4v) is 3.44. The van der Waals surface area contributed by atoms with Crippen LogP contribution in [0.2, 0.25) is 0 Å². The molecule has 0 unspecified atom stereocenters. The third-order valence-electron chi connectivity index (χ3n) is 5.30. The average Bonchev–Trinajstić information content (AvgIpc) is 2.91. The van der Waals surface area contributed by atoms with Crippen LogP contribution in [0.5, 0.6) is 5.75 Å². The van der Waals surface area contributed by atoms with E-state index < -0.39 is 6.36 Å². The van der Waals surface area contributed by atoms with Gasteiger partial charge in [-0.05, 0) is 48.9 Å². The number of nitrogens with two attached hydrogens (primary N) is 1. The quantitative estimate of drug-likeness (QED) is 0.212. The first-order chi connectivity index (χ1) is 18.2. The summed E-state index contributed by atoms with van der Waals surface area (Å²) in [6.07, 6.45) is -3.27. The summed E-state index contributed by atoms with van der Waals surface area (Å²) in [5.41, 5.74) is 12.5. The number of carbonyl (C=O) groups is 1. The van der Waals surface area contributed by atoms with Crippen molar-refractivity contribution < 1.29 is 22.7 Å². The molecule has 38 heavy (non-hydrogen) atoms. The Morgan fingerprint density at radius 2 is 1.76 bits per heavy atom. The first-order valence-corrected chi connectivity index (χ1v) is 11.4. The van der Waals surface area contributed by atoms with Crippen molar-refractivity contribution in [2.24, 2.45) is 5.10 Å². The average molecular weight is 521 g/mol. The number of carbonyl (C=O) groups excluding carboxylic acids is 1. The molecule has 0 saturated carbocycles. The molecule has 0 aliphatic carbocycles. The molecule has 0 spiro atoms. The predicted molar refractivity (Wildman–Crippen MR) is 138 cm³/mol. The van der Waals surface area contributed by atoms with Gasteiger partial charge in [0.05, 0.1) is 23.3 Å². The molecule has 1 heterocycles. The molecular weight excluding hydrogens is 497 g/mol. The number of ether oxygens (including phenoxy) is 1. The number of hydrogen-bond acceptors (Lipinski definition) is 7. The molecule has 8 nitrogen and oxygen atoms in total. The van der Waals surface area contributed by atoms with E-state index in [0.29, 0.717) is 40.5 Å². The molecule has 0 aliphatic rings. The van der Waals surface area contributed by atoms with Gasteiger partial charge in [0.1, 0.15) is 11.4 Å². The molecule has 1 aromatic heterocycles. The predicted octanol–water partition coefficient (Wildman–Crippen LogP) is 5.39. The lowest BCUT2D eigenvalue weighted by atomic mass is 10.1. The summed E-state index contributed by atoms with van der Waals surface area (Å²) in [5.74, 6) is -0.432. The first kappa shape index (κ1) is 26.1. The van der Waals surface area contributed by atoms with Crippen LogP contribution < -0.4 is 21.2 Å². The molecule has 11 heteroatoms. The Hall–Kier alpha value is -4.93. The van der Waals surface area contributed by atoms with Crippen molar-refractivity contribution in [1.29, 1.82) is 0 Å². The number of alkyl halides is 3. The molecule has 0 aliphatic heterocycles. The largest absolute Gasteiger partial charge is 0.573 e. The van der Waals surface area contributed by atoms with Crippen LogP contribution in [0.3, 0.4) is 0 Å². The second-order valence-corrected chi connectivity index (χ2v) is 8.12. The van der Waals surface area contributed by atoms with Gasteiger partial charge in [0.25, 0.3) is 5.91 Å². The highest BCUT2D eigenvalue weighted by molar-refractivity contribution is 6.01. The maximum absolute atomic E-state index is 12.7. The fourth-order valence-electron chi connectivity index (χ4n) is 3.44. The van der Waals surface area contributed by atoms with Gasteiger partial charge < -0.3 is 15.8 Å². The maximum atomic E-state index is 12.7. The second kappa shape index (κ2) is 11.4. The van der Waals surface area contributed by atoms with Crippen LogP contribution >= 0.6 is 0 Å². The monoisotopic (exact) mass is 520 g/mol. The molecule has 4 N–H and O–H groups in total. The minimum atomic E-state index is -4.77. The third-order valence-corrected chi connectivity index (χ3v) is 5.30. The van der Waals surface area contributed by atoms with Gasteiger partial charge in [0.2, 0.25) is 0 Å². The summed E-state index contributed by atoms with van der Waals surface area (Å²) in [4.78, 5) is 21.5. The summed E-state index contributed by atoms with van der Waals surface area (Å²) in [7, 11) is 0. The highest BCUT2D eigenvalue weighted by atomic mass is 19.4. The van der Waals surface area contributed by atoms with Crippen LogP contribution in [-0.2, 0) is 6.54 Å². The number of aromatic nitrogens is 2. The third kappa shape index (κ3) is 7.06. The van der Waals surface area contributed by atoms with Gasteiger partial charge in [0, 0.05) is 17.7 Å². The van der Waals surface area contributed by atoms with E-state index in [9.17, 15) is 18.0 Å². The van der Waals surface area contributed by atoms with Crippen LogP contribution in [0.4, 0.5) is 24.7 Å². The van der Waals surface area contributed by atoms with Crippen molar-refractivity contribution in [3.63, 3.8) is 0 Å². The van der Waals surface area contributed by atoms with E-state index in [1.807, 2.05) is 30.3 Å².